The van der Waals surface area contributed by atoms with E-state index in [2.05, 4.69) is 92.1 Å². The van der Waals surface area contributed by atoms with Crippen LogP contribution in [0.5, 0.6) is 0 Å². The molecule has 0 fully saturated rings. The van der Waals surface area contributed by atoms with Crippen molar-refractivity contribution in [3.8, 4) is 0 Å². The molecule has 0 aromatic heterocycles. The fourth-order valence-corrected chi connectivity index (χ4v) is 5.56. The Balaban J connectivity index is 4.15. The molecule has 0 rings (SSSR count). The third kappa shape index (κ3) is 34.7. The molecule has 0 radical (unpaired) electrons. The first-order chi connectivity index (χ1) is 22.8. The van der Waals surface area contributed by atoms with Crippen molar-refractivity contribution in [3.63, 3.8) is 0 Å². The summed E-state index contributed by atoms with van der Waals surface area (Å²) in [4.78, 5) is 12.5. The minimum atomic E-state index is -4.37. The van der Waals surface area contributed by atoms with Gasteiger partial charge in [0.2, 0.25) is 5.91 Å². The second-order valence-corrected chi connectivity index (χ2v) is 13.6. The smallest absolute Gasteiger partial charge is 0.267 e. The number of aliphatic hydroxyl groups excluding tert-OH is 1. The number of hydrogen-bond donors (Lipinski definition) is 3. The zero-order valence-electron chi connectivity index (χ0n) is 29.6. The summed E-state index contributed by atoms with van der Waals surface area (Å²) in [6.45, 7) is 4.37. The average Bonchev–Trinajstić information content (AvgIpc) is 3.03. The van der Waals surface area contributed by atoms with Gasteiger partial charge in [-0.25, -0.2) is 0 Å². The largest absolute Gasteiger partial charge is 0.387 e. The van der Waals surface area contributed by atoms with Crippen molar-refractivity contribution >= 4 is 16.0 Å². The Hall–Kier alpha value is -2.48. The number of carbonyl (C=O) groups excluding carboxylic acids is 1. The maximum atomic E-state index is 12.5. The summed E-state index contributed by atoms with van der Waals surface area (Å²) in [6, 6.07) is -1.10. The summed E-state index contributed by atoms with van der Waals surface area (Å²) in [5, 5.41) is 13.1. The van der Waals surface area contributed by atoms with Crippen molar-refractivity contribution in [2.75, 3.05) is 5.75 Å². The molecule has 2 unspecified atom stereocenters. The summed E-state index contributed by atoms with van der Waals surface area (Å²) in [5.74, 6) is -1.05. The molecule has 47 heavy (non-hydrogen) atoms. The summed E-state index contributed by atoms with van der Waals surface area (Å²) in [6.07, 6.45) is 48.4. The van der Waals surface area contributed by atoms with E-state index >= 15 is 0 Å². The lowest BCUT2D eigenvalue weighted by molar-refractivity contribution is -0.122. The SMILES string of the molecule is CC/C=C\C/C=C\C/C=C\C/C=C\CCCCCCC(=O)NC(CS(=O)(=O)O)C(O)/C=C/CC/C=C/CC/C=C/CCCCCCC. The number of amides is 1. The van der Waals surface area contributed by atoms with Gasteiger partial charge in [0.15, 0.2) is 0 Å². The fourth-order valence-electron chi connectivity index (χ4n) is 4.82. The lowest BCUT2D eigenvalue weighted by Crippen LogP contribution is -2.46. The molecule has 3 N–H and O–H groups in total. The van der Waals surface area contributed by atoms with Crippen LogP contribution in [0.1, 0.15) is 142 Å². The second kappa shape index (κ2) is 33.4. The van der Waals surface area contributed by atoms with Crippen molar-refractivity contribution in [1.82, 2.24) is 5.32 Å². The molecule has 0 aliphatic rings. The van der Waals surface area contributed by atoms with Gasteiger partial charge in [0.25, 0.3) is 10.1 Å². The molecular weight excluding hydrogens is 607 g/mol. The molecule has 0 heterocycles. The van der Waals surface area contributed by atoms with Crippen molar-refractivity contribution in [3.05, 3.63) is 85.1 Å². The van der Waals surface area contributed by atoms with Gasteiger partial charge in [-0.15, -0.1) is 0 Å². The van der Waals surface area contributed by atoms with Gasteiger partial charge in [0.05, 0.1) is 17.9 Å². The van der Waals surface area contributed by atoms with E-state index < -0.39 is 28.0 Å². The highest BCUT2D eigenvalue weighted by Crippen LogP contribution is 2.09. The standard InChI is InChI=1S/C40H67NO5S/c1-3-5-7-9-11-13-15-17-19-20-22-24-26-28-30-32-34-36-40(43)41-38(37-47(44,45)46)39(42)35-33-31-29-27-25-23-21-18-16-14-12-10-8-6-4-2/h5,7,11,13,16-19,22,24-25,27,33,35,38-39,42H,3-4,6,8-10,12,14-15,20-21,23,26,28-32,34,36-37H2,1-2H3,(H,41,43)(H,44,45,46)/b7-5-,13-11-,18-16+,19-17-,24-22-,27-25+,35-33+. The molecule has 0 spiro atoms. The molecule has 1 amide bonds. The van der Waals surface area contributed by atoms with Crippen LogP contribution in [0.25, 0.3) is 0 Å². The Morgan fingerprint density at radius 3 is 1.57 bits per heavy atom. The van der Waals surface area contributed by atoms with Gasteiger partial charge in [-0.3, -0.25) is 9.35 Å². The Morgan fingerprint density at radius 1 is 0.596 bits per heavy atom. The van der Waals surface area contributed by atoms with E-state index in [9.17, 15) is 22.9 Å². The zero-order chi connectivity index (χ0) is 34.7. The van der Waals surface area contributed by atoms with Gasteiger partial charge < -0.3 is 10.4 Å². The first kappa shape index (κ1) is 44.5. The third-order valence-corrected chi connectivity index (χ3v) is 8.31. The molecule has 0 aliphatic heterocycles. The number of unbranched alkanes of at least 4 members (excludes halogenated alkanes) is 11. The van der Waals surface area contributed by atoms with E-state index in [1.54, 1.807) is 6.08 Å². The van der Waals surface area contributed by atoms with Crippen LogP contribution in [0.15, 0.2) is 85.1 Å². The van der Waals surface area contributed by atoms with Gasteiger partial charge in [0.1, 0.15) is 0 Å². The van der Waals surface area contributed by atoms with Crippen molar-refractivity contribution < 1.29 is 22.9 Å². The van der Waals surface area contributed by atoms with Crippen LogP contribution in [0, 0.1) is 0 Å². The number of nitrogens with one attached hydrogen (secondary N) is 1. The first-order valence-corrected chi connectivity index (χ1v) is 19.9. The molecule has 0 bridgehead atoms. The maximum absolute atomic E-state index is 12.5. The first-order valence-electron chi connectivity index (χ1n) is 18.3. The van der Waals surface area contributed by atoms with E-state index in [-0.39, 0.29) is 12.3 Å². The number of hydrogen-bond acceptors (Lipinski definition) is 4. The van der Waals surface area contributed by atoms with Gasteiger partial charge in [0, 0.05) is 6.42 Å². The predicted molar refractivity (Wildman–Crippen MR) is 202 cm³/mol. The van der Waals surface area contributed by atoms with Crippen LogP contribution in [-0.2, 0) is 14.9 Å². The van der Waals surface area contributed by atoms with Crippen molar-refractivity contribution in [1.29, 1.82) is 0 Å². The van der Waals surface area contributed by atoms with Crippen LogP contribution in [-0.4, -0.2) is 41.9 Å². The number of carbonyl (C=O) groups is 1. The highest BCUT2D eigenvalue weighted by atomic mass is 32.2. The summed E-state index contributed by atoms with van der Waals surface area (Å²) < 4.78 is 32.4. The minimum absolute atomic E-state index is 0.251. The lowest BCUT2D eigenvalue weighted by atomic mass is 10.1. The van der Waals surface area contributed by atoms with Gasteiger partial charge in [-0.1, -0.05) is 137 Å². The topological polar surface area (TPSA) is 104 Å². The average molecular weight is 674 g/mol. The lowest BCUT2D eigenvalue weighted by Gasteiger charge is -2.21. The van der Waals surface area contributed by atoms with Crippen LogP contribution >= 0.6 is 0 Å². The molecule has 2 atom stereocenters. The molecule has 6 nitrogen and oxygen atoms in total. The Labute approximate surface area is 288 Å². The van der Waals surface area contributed by atoms with Gasteiger partial charge in [-0.2, -0.15) is 8.42 Å². The monoisotopic (exact) mass is 673 g/mol. The molecule has 0 aromatic rings. The van der Waals surface area contributed by atoms with E-state index in [0.29, 0.717) is 12.8 Å². The summed E-state index contributed by atoms with van der Waals surface area (Å²) in [5.41, 5.74) is 0. The highest BCUT2D eigenvalue weighted by molar-refractivity contribution is 7.85. The fraction of sp³-hybridized carbons (Fsp3) is 0.625. The van der Waals surface area contributed by atoms with E-state index in [0.717, 1.165) is 77.0 Å². The van der Waals surface area contributed by atoms with E-state index in [1.165, 1.54) is 38.2 Å². The molecule has 7 heteroatoms. The quantitative estimate of drug-likeness (QED) is 0.0386. The molecule has 268 valence electrons. The molecule has 0 saturated heterocycles. The van der Waals surface area contributed by atoms with E-state index in [4.69, 9.17) is 0 Å². The minimum Gasteiger partial charge on any atom is -0.387 e. The van der Waals surface area contributed by atoms with Crippen LogP contribution in [0.2, 0.25) is 0 Å². The highest BCUT2D eigenvalue weighted by Gasteiger charge is 2.24. The summed E-state index contributed by atoms with van der Waals surface area (Å²) >= 11 is 0. The number of aliphatic hydroxyl groups is 1. The Morgan fingerprint density at radius 2 is 1.04 bits per heavy atom. The molecule has 0 aliphatic carbocycles. The number of rotatable bonds is 31. The summed E-state index contributed by atoms with van der Waals surface area (Å²) in [7, 11) is -4.37. The molecular formula is C40H67NO5S. The number of allylic oxidation sites excluding steroid dienone is 13. The van der Waals surface area contributed by atoms with Crippen molar-refractivity contribution in [2.24, 2.45) is 0 Å². The van der Waals surface area contributed by atoms with Crippen molar-refractivity contribution in [2.45, 2.75) is 154 Å². The third-order valence-electron chi connectivity index (χ3n) is 7.53. The second-order valence-electron chi connectivity index (χ2n) is 12.1. The Kier molecular flexibility index (Phi) is 31.7. The normalized spacial score (nSPS) is 14.4. The molecule has 0 saturated carbocycles. The van der Waals surface area contributed by atoms with Gasteiger partial charge in [-0.05, 0) is 83.5 Å². The van der Waals surface area contributed by atoms with Crippen LogP contribution in [0.3, 0.4) is 0 Å². The molecule has 0 aromatic carbocycles. The van der Waals surface area contributed by atoms with E-state index in [1.807, 2.05) is 0 Å². The van der Waals surface area contributed by atoms with Crippen LogP contribution in [0.4, 0.5) is 0 Å². The van der Waals surface area contributed by atoms with Gasteiger partial charge >= 0.3 is 0 Å². The zero-order valence-corrected chi connectivity index (χ0v) is 30.4. The van der Waals surface area contributed by atoms with Crippen LogP contribution < -0.4 is 5.32 Å². The Bertz CT molecular complexity index is 1050. The predicted octanol–water partition coefficient (Wildman–Crippen LogP) is 10.5. The maximum Gasteiger partial charge on any atom is 0.267 e.